The van der Waals surface area contributed by atoms with Crippen LogP contribution in [0.25, 0.3) is 0 Å². The summed E-state index contributed by atoms with van der Waals surface area (Å²) >= 11 is 0. The van der Waals surface area contributed by atoms with Crippen LogP contribution >= 0.6 is 12.4 Å². The number of carbonyl (C=O) groups excluding carboxylic acids is 1. The van der Waals surface area contributed by atoms with E-state index in [-0.39, 0.29) is 24.4 Å². The Kier molecular flexibility index (Phi) is 9.21. The second-order valence-electron chi connectivity index (χ2n) is 4.53. The van der Waals surface area contributed by atoms with Crippen molar-refractivity contribution in [1.29, 1.82) is 0 Å². The molecule has 1 atom stereocenters. The van der Waals surface area contributed by atoms with Gasteiger partial charge in [0.05, 0.1) is 13.2 Å². The predicted molar refractivity (Wildman–Crippen MR) is 79.2 cm³/mol. The summed E-state index contributed by atoms with van der Waals surface area (Å²) in [6, 6.07) is 9.89. The Balaban J connectivity index is 0.00000324. The zero-order valence-electron chi connectivity index (χ0n) is 11.5. The highest BCUT2D eigenvalue weighted by Gasteiger charge is 2.10. The summed E-state index contributed by atoms with van der Waals surface area (Å²) in [7, 11) is 1.77. The number of hydrogen-bond acceptors (Lipinski definition) is 3. The molecule has 0 radical (unpaired) electrons. The lowest BCUT2D eigenvalue weighted by molar-refractivity contribution is -0.130. The summed E-state index contributed by atoms with van der Waals surface area (Å²) < 4.78 is 5.52. The molecular weight excluding hydrogens is 264 g/mol. The molecule has 0 fully saturated rings. The van der Waals surface area contributed by atoms with Crippen LogP contribution in [0.15, 0.2) is 30.3 Å². The summed E-state index contributed by atoms with van der Waals surface area (Å²) in [4.78, 5) is 13.3. The lowest BCUT2D eigenvalue weighted by Gasteiger charge is -2.18. The maximum absolute atomic E-state index is 11.6. The predicted octanol–water partition coefficient (Wildman–Crippen LogP) is 1.82. The van der Waals surface area contributed by atoms with Gasteiger partial charge >= 0.3 is 0 Å². The van der Waals surface area contributed by atoms with Crippen molar-refractivity contribution < 1.29 is 9.53 Å². The molecule has 19 heavy (non-hydrogen) atoms. The lowest BCUT2D eigenvalue weighted by Crippen LogP contribution is -2.34. The SMILES string of the molecule is CC(N)CC(=O)N(C)CCOCc1ccccc1.Cl. The number of amides is 1. The van der Waals surface area contributed by atoms with Crippen LogP contribution in [0.1, 0.15) is 18.9 Å². The second kappa shape index (κ2) is 9.78. The first-order valence-electron chi connectivity index (χ1n) is 6.21. The summed E-state index contributed by atoms with van der Waals surface area (Å²) in [5.74, 6) is 0.0633. The van der Waals surface area contributed by atoms with Gasteiger partial charge in [-0.2, -0.15) is 0 Å². The largest absolute Gasteiger partial charge is 0.375 e. The third-order valence-corrected chi connectivity index (χ3v) is 2.60. The van der Waals surface area contributed by atoms with Crippen molar-refractivity contribution in [1.82, 2.24) is 4.90 Å². The molecule has 1 amide bonds. The first-order chi connectivity index (χ1) is 8.59. The van der Waals surface area contributed by atoms with Gasteiger partial charge in [0.1, 0.15) is 0 Å². The first kappa shape index (κ1) is 17.9. The zero-order chi connectivity index (χ0) is 13.4. The molecular formula is C14H23ClN2O2. The highest BCUT2D eigenvalue weighted by Crippen LogP contribution is 2.00. The van der Waals surface area contributed by atoms with Crippen LogP contribution in [0.3, 0.4) is 0 Å². The van der Waals surface area contributed by atoms with E-state index in [0.29, 0.717) is 26.2 Å². The van der Waals surface area contributed by atoms with Gasteiger partial charge in [0.2, 0.25) is 5.91 Å². The minimum atomic E-state index is -0.0924. The molecule has 1 unspecified atom stereocenters. The van der Waals surface area contributed by atoms with Crippen LogP contribution in [-0.4, -0.2) is 37.0 Å². The summed E-state index contributed by atoms with van der Waals surface area (Å²) in [6.07, 6.45) is 0.384. The Morgan fingerprint density at radius 1 is 1.37 bits per heavy atom. The number of rotatable bonds is 7. The molecule has 108 valence electrons. The number of hydrogen-bond donors (Lipinski definition) is 1. The van der Waals surface area contributed by atoms with Gasteiger partial charge in [-0.3, -0.25) is 4.79 Å². The molecule has 1 aromatic carbocycles. The molecule has 0 saturated carbocycles. The van der Waals surface area contributed by atoms with E-state index in [1.54, 1.807) is 11.9 Å². The molecule has 0 saturated heterocycles. The average Bonchev–Trinajstić information content (AvgIpc) is 2.34. The van der Waals surface area contributed by atoms with Crippen molar-refractivity contribution in [3.05, 3.63) is 35.9 Å². The molecule has 5 heteroatoms. The summed E-state index contributed by atoms with van der Waals surface area (Å²) in [6.45, 7) is 3.54. The fourth-order valence-electron chi connectivity index (χ4n) is 1.52. The molecule has 2 N–H and O–H groups in total. The van der Waals surface area contributed by atoms with Gasteiger partial charge in [-0.15, -0.1) is 12.4 Å². The van der Waals surface area contributed by atoms with Crippen LogP contribution < -0.4 is 5.73 Å². The first-order valence-corrected chi connectivity index (χ1v) is 6.21. The minimum Gasteiger partial charge on any atom is -0.375 e. The minimum absolute atomic E-state index is 0. The average molecular weight is 287 g/mol. The Morgan fingerprint density at radius 3 is 2.58 bits per heavy atom. The van der Waals surface area contributed by atoms with Gasteiger partial charge in [0.25, 0.3) is 0 Å². The monoisotopic (exact) mass is 286 g/mol. The van der Waals surface area contributed by atoms with Gasteiger partial charge in [0.15, 0.2) is 0 Å². The van der Waals surface area contributed by atoms with Crippen LogP contribution in [0.5, 0.6) is 0 Å². The van der Waals surface area contributed by atoms with Gasteiger partial charge < -0.3 is 15.4 Å². The molecule has 1 aromatic rings. The molecule has 1 rings (SSSR count). The number of ether oxygens (including phenoxy) is 1. The third-order valence-electron chi connectivity index (χ3n) is 2.60. The number of nitrogens with two attached hydrogens (primary N) is 1. The van der Waals surface area contributed by atoms with Crippen LogP contribution in [0.2, 0.25) is 0 Å². The van der Waals surface area contributed by atoms with Crippen molar-refractivity contribution in [2.24, 2.45) is 5.73 Å². The molecule has 0 spiro atoms. The van der Waals surface area contributed by atoms with Crippen LogP contribution in [-0.2, 0) is 16.1 Å². The maximum atomic E-state index is 11.6. The normalized spacial score (nSPS) is 11.5. The lowest BCUT2D eigenvalue weighted by atomic mass is 10.2. The molecule has 4 nitrogen and oxygen atoms in total. The second-order valence-corrected chi connectivity index (χ2v) is 4.53. The molecule has 0 aliphatic carbocycles. The van der Waals surface area contributed by atoms with Crippen molar-refractivity contribution in [3.63, 3.8) is 0 Å². The van der Waals surface area contributed by atoms with Crippen LogP contribution in [0.4, 0.5) is 0 Å². The quantitative estimate of drug-likeness (QED) is 0.778. The van der Waals surface area contributed by atoms with E-state index in [4.69, 9.17) is 10.5 Å². The maximum Gasteiger partial charge on any atom is 0.223 e. The smallest absolute Gasteiger partial charge is 0.223 e. The molecule has 0 aliphatic heterocycles. The van der Waals surface area contributed by atoms with E-state index in [9.17, 15) is 4.79 Å². The molecule has 0 aromatic heterocycles. The Bertz CT molecular complexity index is 358. The van der Waals surface area contributed by atoms with E-state index < -0.39 is 0 Å². The number of carbonyl (C=O) groups is 1. The van der Waals surface area contributed by atoms with Gasteiger partial charge in [0, 0.05) is 26.1 Å². The highest BCUT2D eigenvalue weighted by atomic mass is 35.5. The fourth-order valence-corrected chi connectivity index (χ4v) is 1.52. The Labute approximate surface area is 121 Å². The number of benzene rings is 1. The van der Waals surface area contributed by atoms with Crippen molar-refractivity contribution in [2.45, 2.75) is 26.0 Å². The Hall–Kier alpha value is -1.10. The van der Waals surface area contributed by atoms with Crippen molar-refractivity contribution >= 4 is 18.3 Å². The number of nitrogens with zero attached hydrogens (tertiary/aromatic N) is 1. The van der Waals surface area contributed by atoms with E-state index in [0.717, 1.165) is 5.56 Å². The highest BCUT2D eigenvalue weighted by molar-refractivity contribution is 5.85. The summed E-state index contributed by atoms with van der Waals surface area (Å²) in [5.41, 5.74) is 6.72. The standard InChI is InChI=1S/C14H22N2O2.ClH/c1-12(15)10-14(17)16(2)8-9-18-11-13-6-4-3-5-7-13;/h3-7,12H,8-11,15H2,1-2H3;1H. The van der Waals surface area contributed by atoms with Gasteiger partial charge in [-0.1, -0.05) is 30.3 Å². The summed E-state index contributed by atoms with van der Waals surface area (Å²) in [5, 5.41) is 0. The zero-order valence-corrected chi connectivity index (χ0v) is 12.4. The van der Waals surface area contributed by atoms with Crippen molar-refractivity contribution in [2.75, 3.05) is 20.2 Å². The van der Waals surface area contributed by atoms with Gasteiger partial charge in [-0.05, 0) is 12.5 Å². The van der Waals surface area contributed by atoms with Crippen LogP contribution in [0, 0.1) is 0 Å². The van der Waals surface area contributed by atoms with Crippen molar-refractivity contribution in [3.8, 4) is 0 Å². The van der Waals surface area contributed by atoms with Gasteiger partial charge in [-0.25, -0.2) is 0 Å². The topological polar surface area (TPSA) is 55.6 Å². The number of halogens is 1. The molecule has 0 bridgehead atoms. The Morgan fingerprint density at radius 2 is 2.00 bits per heavy atom. The third kappa shape index (κ3) is 7.82. The van der Waals surface area contributed by atoms with E-state index in [2.05, 4.69) is 0 Å². The molecule has 0 heterocycles. The molecule has 0 aliphatic rings. The number of likely N-dealkylation sites (N-methyl/N-ethyl adjacent to an activating group) is 1. The fraction of sp³-hybridized carbons (Fsp3) is 0.500. The van der Waals surface area contributed by atoms with E-state index in [1.807, 2.05) is 37.3 Å². The van der Waals surface area contributed by atoms with E-state index in [1.165, 1.54) is 0 Å². The van der Waals surface area contributed by atoms with E-state index >= 15 is 0 Å².